The molecule has 1 aliphatic rings. The number of rotatable bonds is 1. The van der Waals surface area contributed by atoms with Gasteiger partial charge in [-0.3, -0.25) is 0 Å². The van der Waals surface area contributed by atoms with Gasteiger partial charge >= 0.3 is 0 Å². The molecular formula is C8H10N2S. The van der Waals surface area contributed by atoms with Crippen LogP contribution in [0.15, 0.2) is 34.9 Å². The van der Waals surface area contributed by atoms with E-state index in [4.69, 9.17) is 5.41 Å². The molecule has 0 radical (unpaired) electrons. The van der Waals surface area contributed by atoms with Crippen LogP contribution >= 0.6 is 12.6 Å². The van der Waals surface area contributed by atoms with E-state index in [-0.39, 0.29) is 0 Å². The summed E-state index contributed by atoms with van der Waals surface area (Å²) < 4.78 is 0. The Labute approximate surface area is 71.6 Å². The smallest absolute Gasteiger partial charge is 0.0627 e. The van der Waals surface area contributed by atoms with Crippen LogP contribution in [0.4, 0.5) is 0 Å². The second kappa shape index (κ2) is 3.44. The first-order valence-corrected chi connectivity index (χ1v) is 3.74. The summed E-state index contributed by atoms with van der Waals surface area (Å²) in [6.45, 7) is 0. The minimum atomic E-state index is 0.511. The van der Waals surface area contributed by atoms with Crippen molar-refractivity contribution in [2.75, 3.05) is 7.05 Å². The molecule has 0 aromatic rings. The van der Waals surface area contributed by atoms with Crippen LogP contribution in [0.5, 0.6) is 0 Å². The van der Waals surface area contributed by atoms with Gasteiger partial charge in [-0.1, -0.05) is 0 Å². The molecule has 0 heterocycles. The molecule has 0 unspecified atom stereocenters. The third-order valence-electron chi connectivity index (χ3n) is 1.33. The topological polar surface area (TPSA) is 35.9 Å². The molecule has 0 saturated carbocycles. The zero-order valence-electron chi connectivity index (χ0n) is 6.26. The fraction of sp³-hybridized carbons (Fsp3) is 0.125. The first kappa shape index (κ1) is 8.14. The first-order valence-electron chi connectivity index (χ1n) is 3.29. The van der Waals surface area contributed by atoms with Crippen LogP contribution in [0.1, 0.15) is 0 Å². The van der Waals surface area contributed by atoms with Gasteiger partial charge < -0.3 is 10.7 Å². The lowest BCUT2D eigenvalue weighted by Crippen LogP contribution is -2.04. The standard InChI is InChI=1S/C8H10N2S/c1-10-5-6-4-7(11)2-3-8(6)9/h2-5,9-11H,1H3/b6-5-,9-8?. The Hall–Kier alpha value is -0.960. The minimum Gasteiger partial charge on any atom is -0.393 e. The van der Waals surface area contributed by atoms with Gasteiger partial charge in [0.25, 0.3) is 0 Å². The highest BCUT2D eigenvalue weighted by Gasteiger charge is 2.03. The predicted octanol–water partition coefficient (Wildman–Crippen LogP) is 1.49. The van der Waals surface area contributed by atoms with Crippen molar-refractivity contribution in [2.24, 2.45) is 0 Å². The SMILES string of the molecule is CN/C=C1/C=C(S)C=CC1=N. The van der Waals surface area contributed by atoms with E-state index in [1.807, 2.05) is 13.1 Å². The molecule has 0 aromatic heterocycles. The van der Waals surface area contributed by atoms with E-state index in [1.165, 1.54) is 0 Å². The molecule has 2 N–H and O–H groups in total. The second-order valence-electron chi connectivity index (χ2n) is 2.20. The van der Waals surface area contributed by atoms with Crippen LogP contribution in [0.25, 0.3) is 0 Å². The van der Waals surface area contributed by atoms with E-state index in [0.29, 0.717) is 5.71 Å². The first-order chi connectivity index (χ1) is 5.24. The molecule has 2 nitrogen and oxygen atoms in total. The Bertz CT molecular complexity index is 261. The number of nitrogens with one attached hydrogen (secondary N) is 2. The van der Waals surface area contributed by atoms with Crippen molar-refractivity contribution in [3.63, 3.8) is 0 Å². The highest BCUT2D eigenvalue weighted by Crippen LogP contribution is 2.14. The molecule has 0 amide bonds. The van der Waals surface area contributed by atoms with Gasteiger partial charge in [-0.05, 0) is 18.2 Å². The Kier molecular flexibility index (Phi) is 2.54. The highest BCUT2D eigenvalue weighted by molar-refractivity contribution is 7.84. The van der Waals surface area contributed by atoms with Crippen molar-refractivity contribution in [3.05, 3.63) is 34.9 Å². The van der Waals surface area contributed by atoms with Crippen LogP contribution < -0.4 is 5.32 Å². The van der Waals surface area contributed by atoms with Gasteiger partial charge in [-0.15, -0.1) is 12.6 Å². The Morgan fingerprint density at radius 2 is 2.27 bits per heavy atom. The lowest BCUT2D eigenvalue weighted by Gasteiger charge is -2.05. The van der Waals surface area contributed by atoms with Crippen molar-refractivity contribution in [1.29, 1.82) is 5.41 Å². The van der Waals surface area contributed by atoms with Crippen LogP contribution in [0.3, 0.4) is 0 Å². The molecule has 0 spiro atoms. The summed E-state index contributed by atoms with van der Waals surface area (Å²) in [6, 6.07) is 0. The molecule has 0 bridgehead atoms. The number of hydrogen-bond acceptors (Lipinski definition) is 3. The van der Waals surface area contributed by atoms with Crippen molar-refractivity contribution in [2.45, 2.75) is 0 Å². The summed E-state index contributed by atoms with van der Waals surface area (Å²) in [4.78, 5) is 0.877. The van der Waals surface area contributed by atoms with Crippen LogP contribution in [0.2, 0.25) is 0 Å². The Balaban J connectivity index is 2.90. The van der Waals surface area contributed by atoms with E-state index in [1.54, 1.807) is 18.4 Å². The van der Waals surface area contributed by atoms with Gasteiger partial charge in [0.1, 0.15) is 0 Å². The lowest BCUT2D eigenvalue weighted by molar-refractivity contribution is 1.09. The molecule has 0 fully saturated rings. The molecule has 58 valence electrons. The molecule has 1 rings (SSSR count). The van der Waals surface area contributed by atoms with Gasteiger partial charge in [0, 0.05) is 23.7 Å². The second-order valence-corrected chi connectivity index (χ2v) is 2.72. The summed E-state index contributed by atoms with van der Waals surface area (Å²) in [6.07, 6.45) is 7.16. The third-order valence-corrected chi connectivity index (χ3v) is 1.61. The molecule has 11 heavy (non-hydrogen) atoms. The minimum absolute atomic E-state index is 0.511. The lowest BCUT2D eigenvalue weighted by atomic mass is 10.1. The molecule has 0 aliphatic heterocycles. The maximum absolute atomic E-state index is 7.47. The van der Waals surface area contributed by atoms with Crippen molar-refractivity contribution >= 4 is 18.3 Å². The molecular weight excluding hydrogens is 156 g/mol. The summed E-state index contributed by atoms with van der Waals surface area (Å²) in [5, 5.41) is 10.3. The quantitative estimate of drug-likeness (QED) is 0.507. The van der Waals surface area contributed by atoms with Crippen molar-refractivity contribution in [3.8, 4) is 0 Å². The maximum Gasteiger partial charge on any atom is 0.0627 e. The van der Waals surface area contributed by atoms with E-state index < -0.39 is 0 Å². The van der Waals surface area contributed by atoms with Crippen LogP contribution in [-0.4, -0.2) is 12.8 Å². The summed E-state index contributed by atoms with van der Waals surface area (Å²) in [7, 11) is 1.81. The van der Waals surface area contributed by atoms with Gasteiger partial charge in [-0.2, -0.15) is 0 Å². The largest absolute Gasteiger partial charge is 0.393 e. The zero-order chi connectivity index (χ0) is 8.27. The molecule has 0 aromatic carbocycles. The van der Waals surface area contributed by atoms with Gasteiger partial charge in [-0.25, -0.2) is 0 Å². The average Bonchev–Trinajstić information content (AvgIpc) is 1.98. The maximum atomic E-state index is 7.47. The monoisotopic (exact) mass is 166 g/mol. The van der Waals surface area contributed by atoms with Gasteiger partial charge in [0.2, 0.25) is 0 Å². The summed E-state index contributed by atoms with van der Waals surface area (Å²) in [5.41, 5.74) is 1.37. The molecule has 0 atom stereocenters. The van der Waals surface area contributed by atoms with E-state index in [0.717, 1.165) is 10.5 Å². The summed E-state index contributed by atoms with van der Waals surface area (Å²) >= 11 is 4.16. The number of hydrogen-bond donors (Lipinski definition) is 3. The predicted molar refractivity (Wildman–Crippen MR) is 51.1 cm³/mol. The van der Waals surface area contributed by atoms with E-state index in [9.17, 15) is 0 Å². The van der Waals surface area contributed by atoms with Crippen LogP contribution in [0, 0.1) is 5.41 Å². The third kappa shape index (κ3) is 1.98. The zero-order valence-corrected chi connectivity index (χ0v) is 7.15. The van der Waals surface area contributed by atoms with Crippen molar-refractivity contribution in [1.82, 2.24) is 5.32 Å². The van der Waals surface area contributed by atoms with Gasteiger partial charge in [0.05, 0.1) is 5.71 Å². The fourth-order valence-electron chi connectivity index (χ4n) is 0.825. The Morgan fingerprint density at radius 3 is 2.91 bits per heavy atom. The highest BCUT2D eigenvalue weighted by atomic mass is 32.1. The van der Waals surface area contributed by atoms with Crippen molar-refractivity contribution < 1.29 is 0 Å². The normalized spacial score (nSPS) is 20.4. The van der Waals surface area contributed by atoms with E-state index >= 15 is 0 Å². The average molecular weight is 166 g/mol. The number of thiol groups is 1. The fourth-order valence-corrected chi connectivity index (χ4v) is 1.04. The van der Waals surface area contributed by atoms with E-state index in [2.05, 4.69) is 17.9 Å². The number of allylic oxidation sites excluding steroid dienone is 4. The van der Waals surface area contributed by atoms with Crippen LogP contribution in [-0.2, 0) is 0 Å². The molecule has 0 saturated heterocycles. The molecule has 1 aliphatic carbocycles. The van der Waals surface area contributed by atoms with Gasteiger partial charge in [0.15, 0.2) is 0 Å². The summed E-state index contributed by atoms with van der Waals surface area (Å²) in [5.74, 6) is 0. The molecule has 3 heteroatoms. The Morgan fingerprint density at radius 1 is 1.55 bits per heavy atom.